The van der Waals surface area contributed by atoms with E-state index in [1.54, 1.807) is 36.4 Å². The van der Waals surface area contributed by atoms with Crippen LogP contribution in [0.5, 0.6) is 5.75 Å². The molecule has 1 heterocycles. The molecule has 1 saturated carbocycles. The molecule has 1 fully saturated rings. The number of ether oxygens (including phenoxy) is 1. The number of hydrogen-bond donors (Lipinski definition) is 1. The number of allylic oxidation sites excluding steroid dienone is 1. The first-order chi connectivity index (χ1) is 14.9. The summed E-state index contributed by atoms with van der Waals surface area (Å²) in [6.07, 6.45) is 7.93. The molecular weight excluding hydrogens is 404 g/mol. The molecule has 3 aromatic rings. The Bertz CT molecular complexity index is 1080. The number of nitrogens with zero attached hydrogens (tertiary/aromatic N) is 3. The highest BCUT2D eigenvalue weighted by Gasteiger charge is 2.34. The van der Waals surface area contributed by atoms with Gasteiger partial charge >= 0.3 is 0 Å². The molecule has 1 unspecified atom stereocenters. The van der Waals surface area contributed by atoms with E-state index in [-0.39, 0.29) is 30.4 Å². The van der Waals surface area contributed by atoms with E-state index < -0.39 is 17.2 Å². The van der Waals surface area contributed by atoms with Gasteiger partial charge in [0.25, 0.3) is 0 Å². The summed E-state index contributed by atoms with van der Waals surface area (Å²) in [6, 6.07) is 9.93. The minimum atomic E-state index is -1.82. The third kappa shape index (κ3) is 5.21. The van der Waals surface area contributed by atoms with Gasteiger partial charge in [-0.2, -0.15) is 5.10 Å². The van der Waals surface area contributed by atoms with E-state index >= 15 is 0 Å². The SMILES string of the molecule is O=C(C=Cc1ccc(OCC(O)(Cn2cncn2)c2ccc(F)cc2F)cc1)C1CC1. The van der Waals surface area contributed by atoms with Crippen LogP contribution >= 0.6 is 0 Å². The van der Waals surface area contributed by atoms with E-state index in [1.807, 2.05) is 0 Å². The fourth-order valence-corrected chi connectivity index (χ4v) is 3.22. The summed E-state index contributed by atoms with van der Waals surface area (Å²) in [5.74, 6) is -0.862. The summed E-state index contributed by atoms with van der Waals surface area (Å²) in [7, 11) is 0. The van der Waals surface area contributed by atoms with Crippen molar-refractivity contribution in [2.24, 2.45) is 5.92 Å². The van der Waals surface area contributed by atoms with Crippen LogP contribution < -0.4 is 4.74 Å². The van der Waals surface area contributed by atoms with Crippen LogP contribution in [0.4, 0.5) is 8.78 Å². The number of halogens is 2. The third-order valence-corrected chi connectivity index (χ3v) is 5.10. The summed E-state index contributed by atoms with van der Waals surface area (Å²) >= 11 is 0. The molecule has 0 saturated heterocycles. The maximum Gasteiger partial charge on any atom is 0.158 e. The number of rotatable bonds is 9. The lowest BCUT2D eigenvalue weighted by atomic mass is 9.94. The molecule has 0 aliphatic heterocycles. The Hall–Kier alpha value is -3.39. The zero-order valence-electron chi connectivity index (χ0n) is 16.6. The number of hydrogen-bond acceptors (Lipinski definition) is 5. The van der Waals surface area contributed by atoms with Crippen LogP contribution in [-0.4, -0.2) is 32.3 Å². The van der Waals surface area contributed by atoms with Crippen molar-refractivity contribution in [1.82, 2.24) is 14.8 Å². The number of aliphatic hydroxyl groups is 1. The Labute approximate surface area is 177 Å². The summed E-state index contributed by atoms with van der Waals surface area (Å²) in [4.78, 5) is 15.6. The monoisotopic (exact) mass is 425 g/mol. The van der Waals surface area contributed by atoms with Crippen molar-refractivity contribution in [1.29, 1.82) is 0 Å². The van der Waals surface area contributed by atoms with Gasteiger partial charge in [0.2, 0.25) is 0 Å². The molecule has 1 atom stereocenters. The van der Waals surface area contributed by atoms with Crippen molar-refractivity contribution in [3.63, 3.8) is 0 Å². The Kier molecular flexibility index (Phi) is 5.90. The number of benzene rings is 2. The molecule has 4 rings (SSSR count). The van der Waals surface area contributed by atoms with Gasteiger partial charge in [-0.1, -0.05) is 24.3 Å². The first kappa shape index (κ1) is 20.9. The zero-order chi connectivity index (χ0) is 21.8. The molecule has 1 N–H and O–H groups in total. The zero-order valence-corrected chi connectivity index (χ0v) is 16.6. The first-order valence-electron chi connectivity index (χ1n) is 9.88. The van der Waals surface area contributed by atoms with Gasteiger partial charge in [0, 0.05) is 17.5 Å². The largest absolute Gasteiger partial charge is 0.490 e. The highest BCUT2D eigenvalue weighted by atomic mass is 19.1. The summed E-state index contributed by atoms with van der Waals surface area (Å²) in [5.41, 5.74) is -1.09. The average Bonchev–Trinajstić information content (AvgIpc) is 3.49. The maximum absolute atomic E-state index is 14.4. The molecule has 1 aromatic heterocycles. The summed E-state index contributed by atoms with van der Waals surface area (Å²) in [5, 5.41) is 15.2. The van der Waals surface area contributed by atoms with Crippen molar-refractivity contribution in [3.05, 3.63) is 84.0 Å². The quantitative estimate of drug-likeness (QED) is 0.531. The molecule has 31 heavy (non-hydrogen) atoms. The lowest BCUT2D eigenvalue weighted by Crippen LogP contribution is -2.39. The van der Waals surface area contributed by atoms with E-state index in [1.165, 1.54) is 23.4 Å². The van der Waals surface area contributed by atoms with Crippen LogP contribution in [0, 0.1) is 17.6 Å². The van der Waals surface area contributed by atoms with E-state index in [0.717, 1.165) is 24.5 Å². The van der Waals surface area contributed by atoms with Gasteiger partial charge in [-0.15, -0.1) is 0 Å². The van der Waals surface area contributed by atoms with Crippen molar-refractivity contribution in [2.45, 2.75) is 25.0 Å². The molecule has 2 aromatic carbocycles. The minimum Gasteiger partial charge on any atom is -0.490 e. The minimum absolute atomic E-state index is 0.109. The van der Waals surface area contributed by atoms with E-state index in [4.69, 9.17) is 4.74 Å². The van der Waals surface area contributed by atoms with Gasteiger partial charge in [0.1, 0.15) is 42.2 Å². The van der Waals surface area contributed by atoms with Gasteiger partial charge in [-0.3, -0.25) is 4.79 Å². The van der Waals surface area contributed by atoms with Crippen molar-refractivity contribution >= 4 is 11.9 Å². The second-order valence-corrected chi connectivity index (χ2v) is 7.62. The summed E-state index contributed by atoms with van der Waals surface area (Å²) < 4.78 is 34.9. The van der Waals surface area contributed by atoms with E-state index in [2.05, 4.69) is 10.1 Å². The molecule has 0 spiro atoms. The van der Waals surface area contributed by atoms with Crippen molar-refractivity contribution < 1.29 is 23.4 Å². The normalized spacial score (nSPS) is 15.7. The standard InChI is InChI=1S/C23H21F2N3O3/c24-18-6-9-20(21(25)11-18)23(30,12-28-15-26-14-27-28)13-31-19-7-1-16(2-8-19)3-10-22(29)17-4-5-17/h1-3,6-11,14-15,17,30H,4-5,12-13H2. The topological polar surface area (TPSA) is 77.2 Å². The predicted octanol–water partition coefficient (Wildman–Crippen LogP) is 3.52. The fraction of sp³-hybridized carbons (Fsp3) is 0.261. The van der Waals surface area contributed by atoms with Crippen LogP contribution in [0.2, 0.25) is 0 Å². The van der Waals surface area contributed by atoms with E-state index in [9.17, 15) is 18.7 Å². The molecule has 1 aliphatic rings. The van der Waals surface area contributed by atoms with Gasteiger partial charge in [0.15, 0.2) is 5.78 Å². The molecule has 0 bridgehead atoms. The Balaban J connectivity index is 1.48. The molecule has 0 amide bonds. The molecule has 160 valence electrons. The van der Waals surface area contributed by atoms with Gasteiger partial charge in [-0.05, 0) is 42.7 Å². The fourth-order valence-electron chi connectivity index (χ4n) is 3.22. The molecule has 1 aliphatic carbocycles. The first-order valence-corrected chi connectivity index (χ1v) is 9.88. The second-order valence-electron chi connectivity index (χ2n) is 7.62. The number of carbonyl (C=O) groups is 1. The van der Waals surface area contributed by atoms with Crippen LogP contribution in [-0.2, 0) is 16.9 Å². The van der Waals surface area contributed by atoms with E-state index in [0.29, 0.717) is 11.8 Å². The van der Waals surface area contributed by atoms with Gasteiger partial charge in [-0.25, -0.2) is 18.4 Å². The lowest BCUT2D eigenvalue weighted by molar-refractivity contribution is -0.115. The molecule has 0 radical (unpaired) electrons. The highest BCUT2D eigenvalue weighted by Crippen LogP contribution is 2.30. The number of aromatic nitrogens is 3. The van der Waals surface area contributed by atoms with Crippen molar-refractivity contribution in [3.8, 4) is 5.75 Å². The van der Waals surface area contributed by atoms with Gasteiger partial charge in [0.05, 0.1) is 6.54 Å². The van der Waals surface area contributed by atoms with Crippen LogP contribution in [0.25, 0.3) is 6.08 Å². The predicted molar refractivity (Wildman–Crippen MR) is 109 cm³/mol. The highest BCUT2D eigenvalue weighted by molar-refractivity contribution is 5.96. The number of ketones is 1. The average molecular weight is 425 g/mol. The van der Waals surface area contributed by atoms with Crippen LogP contribution in [0.3, 0.4) is 0 Å². The van der Waals surface area contributed by atoms with Crippen LogP contribution in [0.1, 0.15) is 24.0 Å². The molecule has 8 heteroatoms. The Morgan fingerprint density at radius 1 is 1.23 bits per heavy atom. The van der Waals surface area contributed by atoms with Gasteiger partial charge < -0.3 is 9.84 Å². The smallest absolute Gasteiger partial charge is 0.158 e. The van der Waals surface area contributed by atoms with Crippen LogP contribution in [0.15, 0.2) is 61.2 Å². The number of carbonyl (C=O) groups excluding carboxylic acids is 1. The molecular formula is C23H21F2N3O3. The van der Waals surface area contributed by atoms with Crippen molar-refractivity contribution in [2.75, 3.05) is 6.61 Å². The second kappa shape index (κ2) is 8.77. The summed E-state index contributed by atoms with van der Waals surface area (Å²) in [6.45, 7) is -0.440. The molecule has 6 nitrogen and oxygen atoms in total. The Morgan fingerprint density at radius 2 is 2.00 bits per heavy atom. The maximum atomic E-state index is 14.4. The lowest BCUT2D eigenvalue weighted by Gasteiger charge is -2.29. The third-order valence-electron chi connectivity index (χ3n) is 5.10. The Morgan fingerprint density at radius 3 is 2.65 bits per heavy atom.